The van der Waals surface area contributed by atoms with E-state index < -0.39 is 6.10 Å². The van der Waals surface area contributed by atoms with Gasteiger partial charge in [-0.2, -0.15) is 0 Å². The number of benzene rings is 1. The van der Waals surface area contributed by atoms with Crippen LogP contribution in [0.5, 0.6) is 11.5 Å². The summed E-state index contributed by atoms with van der Waals surface area (Å²) in [4.78, 5) is 0. The highest BCUT2D eigenvalue weighted by atomic mass is 28.1. The van der Waals surface area contributed by atoms with Crippen molar-refractivity contribution in [1.29, 1.82) is 0 Å². The smallest absolute Gasteiger partial charge is 0.127 e. The molecule has 3 N–H and O–H groups in total. The Balaban J connectivity index is 2.11. The first-order chi connectivity index (χ1) is 9.65. The van der Waals surface area contributed by atoms with Crippen molar-refractivity contribution in [3.05, 3.63) is 23.8 Å². The van der Waals surface area contributed by atoms with Crippen LogP contribution in [-0.2, 0) is 6.61 Å². The fraction of sp³-hybridized carbons (Fsp3) is 0.600. The van der Waals surface area contributed by atoms with E-state index in [1.54, 1.807) is 12.1 Å². The number of phenols is 1. The van der Waals surface area contributed by atoms with E-state index >= 15 is 0 Å². The van der Waals surface area contributed by atoms with Crippen molar-refractivity contribution in [3.63, 3.8) is 0 Å². The van der Waals surface area contributed by atoms with Gasteiger partial charge in [0.15, 0.2) is 0 Å². The molecule has 2 rings (SSSR count). The molecule has 1 aromatic rings. The van der Waals surface area contributed by atoms with Crippen LogP contribution in [0, 0.1) is 5.92 Å². The van der Waals surface area contributed by atoms with Gasteiger partial charge < -0.3 is 20.1 Å². The Hall–Kier alpha value is -1.04. The summed E-state index contributed by atoms with van der Waals surface area (Å²) in [6.07, 6.45) is 3.08. The number of hydrogen-bond acceptors (Lipinski definition) is 4. The Morgan fingerprint density at radius 1 is 1.30 bits per heavy atom. The van der Waals surface area contributed by atoms with Crippen molar-refractivity contribution < 1.29 is 20.1 Å². The first kappa shape index (κ1) is 15.3. The molecule has 0 saturated heterocycles. The van der Waals surface area contributed by atoms with Gasteiger partial charge in [-0.3, -0.25) is 0 Å². The molecular weight excluding hydrogens is 272 g/mol. The fourth-order valence-electron chi connectivity index (χ4n) is 2.81. The molecule has 0 amide bonds. The third-order valence-electron chi connectivity index (χ3n) is 3.93. The molecule has 1 aromatic carbocycles. The lowest BCUT2D eigenvalue weighted by Crippen LogP contribution is -2.41. The Morgan fingerprint density at radius 3 is 2.75 bits per heavy atom. The van der Waals surface area contributed by atoms with E-state index in [1.807, 2.05) is 0 Å². The number of aliphatic hydroxyl groups is 2. The summed E-state index contributed by atoms with van der Waals surface area (Å²) in [6.45, 7) is -0.204. The zero-order valence-electron chi connectivity index (χ0n) is 11.5. The third kappa shape index (κ3) is 3.53. The minimum absolute atomic E-state index is 0.0203. The molecule has 0 aromatic heterocycles. The van der Waals surface area contributed by atoms with Crippen molar-refractivity contribution in [2.45, 2.75) is 50.5 Å². The summed E-state index contributed by atoms with van der Waals surface area (Å²) >= 11 is 0. The lowest BCUT2D eigenvalue weighted by atomic mass is 9.82. The minimum Gasteiger partial charge on any atom is -0.507 e. The molecule has 20 heavy (non-hydrogen) atoms. The van der Waals surface area contributed by atoms with Gasteiger partial charge in [-0.15, -0.1) is 0 Å². The van der Waals surface area contributed by atoms with Crippen LogP contribution in [0.4, 0.5) is 0 Å². The van der Waals surface area contributed by atoms with Gasteiger partial charge in [0.05, 0.1) is 12.7 Å². The van der Waals surface area contributed by atoms with Crippen LogP contribution >= 0.6 is 0 Å². The summed E-state index contributed by atoms with van der Waals surface area (Å²) in [5.41, 5.74) is 0.471. The number of ether oxygens (including phenoxy) is 1. The molecule has 0 spiro atoms. The van der Waals surface area contributed by atoms with E-state index in [2.05, 4.69) is 10.2 Å². The van der Waals surface area contributed by atoms with Crippen LogP contribution in [0.15, 0.2) is 18.2 Å². The van der Waals surface area contributed by atoms with Gasteiger partial charge in [0.2, 0.25) is 0 Å². The Labute approximate surface area is 122 Å². The normalized spacial score (nSPS) is 26.4. The zero-order valence-corrected chi connectivity index (χ0v) is 12.5. The molecule has 5 heteroatoms. The summed E-state index contributed by atoms with van der Waals surface area (Å²) < 4.78 is 5.90. The molecule has 1 aliphatic carbocycles. The van der Waals surface area contributed by atoms with Crippen molar-refractivity contribution in [2.24, 2.45) is 5.92 Å². The molecule has 1 saturated carbocycles. The molecule has 3 radical (unpaired) electrons. The van der Waals surface area contributed by atoms with Crippen LogP contribution in [0.1, 0.15) is 31.2 Å². The molecule has 4 nitrogen and oxygen atoms in total. The quantitative estimate of drug-likeness (QED) is 0.724. The lowest BCUT2D eigenvalue weighted by molar-refractivity contribution is -0.0297. The van der Waals surface area contributed by atoms with E-state index in [1.165, 1.54) is 6.07 Å². The topological polar surface area (TPSA) is 69.9 Å². The highest BCUT2D eigenvalue weighted by Gasteiger charge is 2.33. The molecule has 0 heterocycles. The molecule has 3 unspecified atom stereocenters. The van der Waals surface area contributed by atoms with Gasteiger partial charge in [-0.1, -0.05) is 12.5 Å². The van der Waals surface area contributed by atoms with Crippen LogP contribution in [0.25, 0.3) is 0 Å². The summed E-state index contributed by atoms with van der Waals surface area (Å²) in [7, 11) is 3.49. The number of rotatable bonds is 5. The first-order valence-corrected chi connectivity index (χ1v) is 7.78. The molecular formula is C15H21O4Si. The van der Waals surface area contributed by atoms with Gasteiger partial charge in [0, 0.05) is 21.9 Å². The maximum atomic E-state index is 10.2. The second kappa shape index (κ2) is 7.11. The SMILES string of the molecule is OCc1ccc(OC2C(O)CCCC2CC[Si])cc1O. The van der Waals surface area contributed by atoms with E-state index in [9.17, 15) is 10.2 Å². The molecule has 109 valence electrons. The second-order valence-corrected chi connectivity index (χ2v) is 5.83. The molecule has 0 bridgehead atoms. The minimum atomic E-state index is -0.466. The van der Waals surface area contributed by atoms with E-state index in [4.69, 9.17) is 9.84 Å². The first-order valence-electron chi connectivity index (χ1n) is 7.07. The van der Waals surface area contributed by atoms with Gasteiger partial charge in [0.25, 0.3) is 0 Å². The maximum Gasteiger partial charge on any atom is 0.127 e. The number of aliphatic hydroxyl groups excluding tert-OH is 2. The van der Waals surface area contributed by atoms with Gasteiger partial charge in [-0.25, -0.2) is 0 Å². The summed E-state index contributed by atoms with van der Waals surface area (Å²) in [6, 6.07) is 5.74. The van der Waals surface area contributed by atoms with Crippen molar-refractivity contribution in [1.82, 2.24) is 0 Å². The largest absolute Gasteiger partial charge is 0.507 e. The predicted octanol–water partition coefficient (Wildman–Crippen LogP) is 1.77. The summed E-state index contributed by atoms with van der Waals surface area (Å²) in [5.74, 6) is 0.868. The standard InChI is InChI=1S/C15H21O4Si/c16-9-11-4-5-12(8-14(11)18)19-15-10(6-7-20)2-1-3-13(15)17/h4-5,8,10,13,15-18H,1-3,6-7,9H2. The maximum absolute atomic E-state index is 10.2. The molecule has 1 aliphatic rings. The molecule has 1 fully saturated rings. The van der Waals surface area contributed by atoms with Crippen LogP contribution in [-0.4, -0.2) is 37.8 Å². The zero-order chi connectivity index (χ0) is 14.5. The Bertz CT molecular complexity index is 436. The van der Waals surface area contributed by atoms with Crippen molar-refractivity contribution >= 4 is 10.2 Å². The molecule has 3 atom stereocenters. The predicted molar refractivity (Wildman–Crippen MR) is 77.0 cm³/mol. The van der Waals surface area contributed by atoms with Gasteiger partial charge >= 0.3 is 0 Å². The molecule has 0 aliphatic heterocycles. The van der Waals surface area contributed by atoms with Crippen molar-refractivity contribution in [2.75, 3.05) is 0 Å². The van der Waals surface area contributed by atoms with Crippen LogP contribution in [0.2, 0.25) is 6.04 Å². The Morgan fingerprint density at radius 2 is 2.10 bits per heavy atom. The average Bonchev–Trinajstić information content (AvgIpc) is 2.43. The highest BCUT2D eigenvalue weighted by molar-refractivity contribution is 6.08. The van der Waals surface area contributed by atoms with Gasteiger partial charge in [-0.05, 0) is 37.3 Å². The van der Waals surface area contributed by atoms with E-state index in [0.29, 0.717) is 17.2 Å². The monoisotopic (exact) mass is 293 g/mol. The van der Waals surface area contributed by atoms with Crippen molar-refractivity contribution in [3.8, 4) is 11.5 Å². The lowest BCUT2D eigenvalue weighted by Gasteiger charge is -2.35. The fourth-order valence-corrected chi connectivity index (χ4v) is 3.18. The summed E-state index contributed by atoms with van der Waals surface area (Å²) in [5, 5.41) is 28.9. The van der Waals surface area contributed by atoms with E-state index in [-0.39, 0.29) is 18.5 Å². The van der Waals surface area contributed by atoms with Crippen LogP contribution < -0.4 is 4.74 Å². The van der Waals surface area contributed by atoms with Gasteiger partial charge in [0.1, 0.15) is 17.6 Å². The third-order valence-corrected chi connectivity index (χ3v) is 4.22. The highest BCUT2D eigenvalue weighted by Crippen LogP contribution is 2.33. The number of aromatic hydroxyl groups is 1. The second-order valence-electron chi connectivity index (χ2n) is 5.33. The Kier molecular flexibility index (Phi) is 5.45. The number of hydrogen-bond donors (Lipinski definition) is 3. The van der Waals surface area contributed by atoms with Crippen LogP contribution in [0.3, 0.4) is 0 Å². The van der Waals surface area contributed by atoms with E-state index in [0.717, 1.165) is 31.7 Å². The average molecular weight is 293 g/mol.